The van der Waals surface area contributed by atoms with Crippen LogP contribution >= 0.6 is 0 Å². The normalized spacial score (nSPS) is 20.8. The first-order chi connectivity index (χ1) is 31.6. The molecular weight excluding hydrogens is 824 g/mol. The van der Waals surface area contributed by atoms with Crippen LogP contribution in [0.4, 0.5) is 21.5 Å². The lowest BCUT2D eigenvalue weighted by Gasteiger charge is -2.39. The van der Waals surface area contributed by atoms with E-state index in [1.165, 1.54) is 17.3 Å². The second-order valence-electron chi connectivity index (χ2n) is 18.7. The minimum atomic E-state index is -0.553. The molecule has 3 aromatic heterocycles. The molecule has 3 amide bonds. The van der Waals surface area contributed by atoms with Crippen LogP contribution in [-0.2, 0) is 23.1 Å². The molecule has 0 saturated carbocycles. The average Bonchev–Trinajstić information content (AvgIpc) is 3.96. The Morgan fingerprint density at radius 3 is 2.37 bits per heavy atom. The van der Waals surface area contributed by atoms with Crippen LogP contribution < -0.4 is 26.4 Å². The number of nitrogens with zero attached hydrogens (tertiary/aromatic N) is 7. The first kappa shape index (κ1) is 42.9. The molecule has 15 heteroatoms. The summed E-state index contributed by atoms with van der Waals surface area (Å²) >= 11 is 0. The molecule has 0 aliphatic carbocycles. The van der Waals surface area contributed by atoms with Gasteiger partial charge in [0.1, 0.15) is 17.5 Å². The molecule has 14 nitrogen and oxygen atoms in total. The number of piperazine rings is 1. The van der Waals surface area contributed by atoms with Crippen molar-refractivity contribution in [3.63, 3.8) is 0 Å². The van der Waals surface area contributed by atoms with Crippen molar-refractivity contribution in [1.29, 1.82) is 0 Å². The summed E-state index contributed by atoms with van der Waals surface area (Å²) in [5.41, 5.74) is 7.86. The molecule has 4 fully saturated rings. The summed E-state index contributed by atoms with van der Waals surface area (Å²) in [5.74, 6) is 0.0845. The van der Waals surface area contributed by atoms with Crippen LogP contribution in [0.15, 0.2) is 77.9 Å². The van der Waals surface area contributed by atoms with Crippen LogP contribution in [0.25, 0.3) is 16.7 Å². The maximum atomic E-state index is 15.3. The third-order valence-corrected chi connectivity index (χ3v) is 14.9. The molecule has 10 rings (SSSR count). The van der Waals surface area contributed by atoms with Gasteiger partial charge in [-0.3, -0.25) is 38.9 Å². The Morgan fingerprint density at radius 1 is 0.862 bits per heavy atom. The van der Waals surface area contributed by atoms with Gasteiger partial charge >= 0.3 is 0 Å². The first-order valence-electron chi connectivity index (χ1n) is 23.5. The molecule has 4 saturated heterocycles. The molecule has 5 aliphatic heterocycles. The highest BCUT2D eigenvalue weighted by molar-refractivity contribution is 6.01. The highest BCUT2D eigenvalue weighted by atomic mass is 19.1. The van der Waals surface area contributed by atoms with Crippen molar-refractivity contribution in [2.45, 2.75) is 69.9 Å². The van der Waals surface area contributed by atoms with Gasteiger partial charge in [-0.05, 0) is 124 Å². The number of hydrogen-bond acceptors (Lipinski definition) is 10. The van der Waals surface area contributed by atoms with Crippen LogP contribution in [0.5, 0.6) is 0 Å². The lowest BCUT2D eigenvalue weighted by molar-refractivity contribution is -0.133. The Labute approximate surface area is 378 Å². The van der Waals surface area contributed by atoms with Crippen molar-refractivity contribution in [2.24, 2.45) is 13.0 Å². The van der Waals surface area contributed by atoms with Gasteiger partial charge < -0.3 is 25.0 Å². The Balaban J connectivity index is 0.676. The number of rotatable bonds is 10. The van der Waals surface area contributed by atoms with Gasteiger partial charge in [0.15, 0.2) is 0 Å². The Hall–Kier alpha value is -6.06. The summed E-state index contributed by atoms with van der Waals surface area (Å²) in [5, 5.41) is 9.68. The lowest BCUT2D eigenvalue weighted by Crippen LogP contribution is -2.49. The topological polar surface area (TPSA) is 140 Å². The largest absolute Gasteiger partial charge is 0.384 e. The Bertz CT molecular complexity index is 2660. The molecule has 5 aromatic rings. The number of imide groups is 1. The van der Waals surface area contributed by atoms with Gasteiger partial charge in [-0.15, -0.1) is 0 Å². The zero-order valence-electron chi connectivity index (χ0n) is 37.4. The van der Waals surface area contributed by atoms with Gasteiger partial charge in [-0.1, -0.05) is 12.1 Å². The molecule has 0 radical (unpaired) electrons. The lowest BCUT2D eigenvalue weighted by atomic mass is 9.88. The molecule has 340 valence electrons. The van der Waals surface area contributed by atoms with E-state index in [1.807, 2.05) is 35.4 Å². The van der Waals surface area contributed by atoms with Gasteiger partial charge in [0.2, 0.25) is 11.8 Å². The second-order valence-corrected chi connectivity index (χ2v) is 18.7. The Morgan fingerprint density at radius 2 is 1.63 bits per heavy atom. The number of hydrogen-bond donors (Lipinski definition) is 3. The number of halogens is 1. The zero-order valence-corrected chi connectivity index (χ0v) is 37.4. The molecule has 3 N–H and O–H groups in total. The average molecular weight is 883 g/mol. The van der Waals surface area contributed by atoms with Crippen LogP contribution in [0.1, 0.15) is 84.6 Å². The number of likely N-dealkylation sites (tertiary alicyclic amines) is 2. The number of carbonyl (C=O) groups excluding carboxylic acids is 3. The molecule has 0 bridgehead atoms. The van der Waals surface area contributed by atoms with Crippen LogP contribution in [0, 0.1) is 11.7 Å². The van der Waals surface area contributed by atoms with E-state index in [2.05, 4.69) is 67.4 Å². The molecule has 65 heavy (non-hydrogen) atoms. The molecule has 0 spiro atoms. The van der Waals surface area contributed by atoms with Crippen molar-refractivity contribution in [1.82, 2.24) is 34.1 Å². The summed E-state index contributed by atoms with van der Waals surface area (Å²) < 4.78 is 19.2. The van der Waals surface area contributed by atoms with Crippen molar-refractivity contribution >= 4 is 45.8 Å². The van der Waals surface area contributed by atoms with Gasteiger partial charge in [0.05, 0.1) is 11.4 Å². The standard InChI is InChI=1S/C50H59FN10O4/c1-32(45-30-39-43(12-19-53-47(39)56(45)2)61-24-17-41-38(50(61)65)11-18-52-41)58-22-15-35(16-23-58)34-3-5-36(6-4-34)49(64)60-20-13-33(14-21-60)31-57-25-27-59(28-26-57)44-9-7-37(29-40(44)51)54-42-8-10-46(62)55-48(42)63/h3-7,9,12,17,19,24,29-30,32-33,35,42,52,54H,8,10-11,13-16,18,20-23,25-28,31H2,1-2H3,(H,55,62,63)/t32-,42-/m0/s1. The van der Waals surface area contributed by atoms with Crippen molar-refractivity contribution < 1.29 is 18.8 Å². The monoisotopic (exact) mass is 882 g/mol. The van der Waals surface area contributed by atoms with E-state index >= 15 is 4.39 Å². The summed E-state index contributed by atoms with van der Waals surface area (Å²) in [6.45, 7) is 10.6. The fourth-order valence-corrected chi connectivity index (χ4v) is 11.0. The van der Waals surface area contributed by atoms with Gasteiger partial charge in [0, 0.05) is 118 Å². The van der Waals surface area contributed by atoms with E-state index in [0.717, 1.165) is 131 Å². The minimum Gasteiger partial charge on any atom is -0.384 e. The molecule has 8 heterocycles. The number of pyridine rings is 2. The van der Waals surface area contributed by atoms with E-state index in [0.29, 0.717) is 29.6 Å². The van der Waals surface area contributed by atoms with Crippen LogP contribution in [0.3, 0.4) is 0 Å². The molecule has 0 unspecified atom stereocenters. The predicted octanol–water partition coefficient (Wildman–Crippen LogP) is 5.66. The number of nitrogens with one attached hydrogen (secondary N) is 3. The second kappa shape index (κ2) is 18.1. The quantitative estimate of drug-likeness (QED) is 0.151. The first-order valence-corrected chi connectivity index (χ1v) is 23.5. The number of piperidine rings is 3. The highest BCUT2D eigenvalue weighted by Gasteiger charge is 2.31. The van der Waals surface area contributed by atoms with Crippen molar-refractivity contribution in [3.05, 3.63) is 112 Å². The number of carbonyl (C=O) groups is 3. The van der Waals surface area contributed by atoms with Gasteiger partial charge in [-0.2, -0.15) is 0 Å². The third-order valence-electron chi connectivity index (χ3n) is 14.9. The van der Waals surface area contributed by atoms with Gasteiger partial charge in [0.25, 0.3) is 11.5 Å². The van der Waals surface area contributed by atoms with E-state index in [9.17, 15) is 19.2 Å². The van der Waals surface area contributed by atoms with E-state index < -0.39 is 6.04 Å². The van der Waals surface area contributed by atoms with Crippen molar-refractivity contribution in [3.8, 4) is 5.69 Å². The number of amides is 3. The Kier molecular flexibility index (Phi) is 11.9. The molecule has 2 atom stereocenters. The summed E-state index contributed by atoms with van der Waals surface area (Å²) in [6, 6.07) is 19.1. The fraction of sp³-hybridized carbons (Fsp3) is 0.460. The number of aromatic nitrogens is 3. The third kappa shape index (κ3) is 8.63. The molecule has 2 aromatic carbocycles. The van der Waals surface area contributed by atoms with Gasteiger partial charge in [-0.25, -0.2) is 9.37 Å². The molecule has 5 aliphatic rings. The summed E-state index contributed by atoms with van der Waals surface area (Å²) in [4.78, 5) is 64.5. The fourth-order valence-electron chi connectivity index (χ4n) is 11.0. The summed E-state index contributed by atoms with van der Waals surface area (Å²) in [7, 11) is 2.07. The number of benzene rings is 2. The number of fused-ring (bicyclic) bond motifs is 2. The number of aryl methyl sites for hydroxylation is 1. The minimum absolute atomic E-state index is 0.0315. The summed E-state index contributed by atoms with van der Waals surface area (Å²) in [6.07, 6.45) is 9.09. The molecular formula is C50H59FN10O4. The maximum Gasteiger partial charge on any atom is 0.260 e. The highest BCUT2D eigenvalue weighted by Crippen LogP contribution is 2.35. The zero-order chi connectivity index (χ0) is 44.8. The maximum absolute atomic E-state index is 15.3. The van der Waals surface area contributed by atoms with Crippen LogP contribution in [0.2, 0.25) is 0 Å². The predicted molar refractivity (Wildman–Crippen MR) is 250 cm³/mol. The van der Waals surface area contributed by atoms with E-state index in [4.69, 9.17) is 4.98 Å². The van der Waals surface area contributed by atoms with E-state index in [1.54, 1.807) is 22.9 Å². The van der Waals surface area contributed by atoms with Crippen LogP contribution in [-0.4, -0.2) is 118 Å². The number of anilines is 3. The SMILES string of the molecule is C[C@@H](c1cc2c(-n3ccc4c(c3=O)CCN4)ccnc2n1C)N1CCC(c2ccc(C(=O)N3CCC(CN4CCN(c5ccc(N[C@H]6CCC(=O)NC6=O)cc5F)CC4)CC3)cc2)CC1. The van der Waals surface area contributed by atoms with Crippen molar-refractivity contribution in [2.75, 3.05) is 81.0 Å². The van der Waals surface area contributed by atoms with E-state index in [-0.39, 0.29) is 41.6 Å². The smallest absolute Gasteiger partial charge is 0.260 e.